The Morgan fingerprint density at radius 2 is 1.38 bits per heavy atom. The number of fused-ring (bicyclic) bond motifs is 1. The Morgan fingerprint density at radius 1 is 0.733 bits per heavy atom. The lowest BCUT2D eigenvalue weighted by molar-refractivity contribution is 0.560. The average Bonchev–Trinajstić information content (AvgIpc) is 3.54. The molecule has 0 bridgehead atoms. The topological polar surface area (TPSA) is 38.0 Å². The first kappa shape index (κ1) is 52.7. The number of aryl methyl sites for hydroxylation is 1. The van der Waals surface area contributed by atoms with Crippen LogP contribution in [0.4, 0.5) is 5.69 Å². The summed E-state index contributed by atoms with van der Waals surface area (Å²) in [5.41, 5.74) is 24.1. The SMILES string of the molecule is C/C=C\C(=C/C)c1cccc(C/C=C(\N)c2ccccc2)c1.C=C(/C=C\C=C/C)C1=C(Nc2ccc(C)cc2)C2=C(CC1)C1=C(C=CCC1)C2(C)C.CC.CC.CC.CC. The summed E-state index contributed by atoms with van der Waals surface area (Å²) in [6, 6.07) is 27.4. The summed E-state index contributed by atoms with van der Waals surface area (Å²) in [7, 11) is 0. The Labute approximate surface area is 368 Å². The van der Waals surface area contributed by atoms with Gasteiger partial charge in [-0.15, -0.1) is 0 Å². The minimum atomic E-state index is 0.00754. The van der Waals surface area contributed by atoms with Crippen molar-refractivity contribution < 1.29 is 0 Å². The number of rotatable bonds is 10. The molecule has 0 amide bonds. The fourth-order valence-corrected chi connectivity index (χ4v) is 7.51. The number of allylic oxidation sites excluding steroid dienone is 17. The second-order valence-electron chi connectivity index (χ2n) is 14.2. The maximum Gasteiger partial charge on any atom is 0.0467 e. The zero-order valence-corrected chi connectivity index (χ0v) is 40.1. The van der Waals surface area contributed by atoms with Gasteiger partial charge in [0.15, 0.2) is 0 Å². The predicted octanol–water partition coefficient (Wildman–Crippen LogP) is 17.4. The van der Waals surface area contributed by atoms with Crippen molar-refractivity contribution in [3.05, 3.63) is 208 Å². The molecule has 2 heteroatoms. The van der Waals surface area contributed by atoms with Crippen molar-refractivity contribution in [3.8, 4) is 0 Å². The molecule has 0 saturated carbocycles. The third-order valence-corrected chi connectivity index (χ3v) is 10.2. The van der Waals surface area contributed by atoms with E-state index in [1.165, 1.54) is 51.1 Å². The van der Waals surface area contributed by atoms with Gasteiger partial charge in [0, 0.05) is 22.5 Å². The Balaban J connectivity index is 0.000000532. The smallest absolute Gasteiger partial charge is 0.0467 e. The fourth-order valence-electron chi connectivity index (χ4n) is 7.51. The van der Waals surface area contributed by atoms with Crippen molar-refractivity contribution in [3.63, 3.8) is 0 Å². The summed E-state index contributed by atoms with van der Waals surface area (Å²) >= 11 is 0. The maximum atomic E-state index is 6.15. The molecule has 0 heterocycles. The van der Waals surface area contributed by atoms with E-state index in [0.717, 1.165) is 48.2 Å². The van der Waals surface area contributed by atoms with Crippen LogP contribution in [0.1, 0.15) is 138 Å². The molecule has 3 aromatic carbocycles. The highest BCUT2D eigenvalue weighted by atomic mass is 14.9. The molecule has 0 spiro atoms. The van der Waals surface area contributed by atoms with E-state index < -0.39 is 0 Å². The number of hydrogen-bond donors (Lipinski definition) is 2. The third kappa shape index (κ3) is 14.7. The van der Waals surface area contributed by atoms with Crippen LogP contribution in [0.2, 0.25) is 0 Å². The van der Waals surface area contributed by atoms with Crippen LogP contribution in [-0.4, -0.2) is 0 Å². The van der Waals surface area contributed by atoms with Crippen LogP contribution in [-0.2, 0) is 6.42 Å². The lowest BCUT2D eigenvalue weighted by atomic mass is 9.74. The van der Waals surface area contributed by atoms with Crippen LogP contribution < -0.4 is 11.1 Å². The predicted molar refractivity (Wildman–Crippen MR) is 273 cm³/mol. The maximum absolute atomic E-state index is 6.15. The normalized spacial score (nSPS) is 15.3. The molecule has 3 aliphatic carbocycles. The van der Waals surface area contributed by atoms with Crippen molar-refractivity contribution in [1.29, 1.82) is 0 Å². The van der Waals surface area contributed by atoms with Crippen molar-refractivity contribution in [2.24, 2.45) is 11.1 Å². The molecule has 0 unspecified atom stereocenters. The van der Waals surface area contributed by atoms with Gasteiger partial charge in [-0.05, 0) is 128 Å². The average molecular weight is 805 g/mol. The molecule has 0 radical (unpaired) electrons. The molecule has 0 fully saturated rings. The van der Waals surface area contributed by atoms with Gasteiger partial charge >= 0.3 is 0 Å². The van der Waals surface area contributed by atoms with E-state index in [4.69, 9.17) is 5.73 Å². The van der Waals surface area contributed by atoms with Gasteiger partial charge in [0.1, 0.15) is 0 Å². The lowest BCUT2D eigenvalue weighted by Gasteiger charge is -2.33. The van der Waals surface area contributed by atoms with E-state index in [1.54, 1.807) is 11.1 Å². The molecule has 6 rings (SSSR count). The van der Waals surface area contributed by atoms with E-state index in [2.05, 4.69) is 149 Å². The van der Waals surface area contributed by atoms with Crippen LogP contribution in [0.3, 0.4) is 0 Å². The van der Waals surface area contributed by atoms with Gasteiger partial charge in [0.05, 0.1) is 0 Å². The molecule has 0 aromatic heterocycles. The summed E-state index contributed by atoms with van der Waals surface area (Å²) in [4.78, 5) is 0. The van der Waals surface area contributed by atoms with Crippen LogP contribution in [0.5, 0.6) is 0 Å². The zero-order valence-electron chi connectivity index (χ0n) is 40.1. The summed E-state index contributed by atoms with van der Waals surface area (Å²) in [6.07, 6.45) is 26.8. The fraction of sp³-hybridized carbons (Fsp3) is 0.345. The molecule has 3 aromatic rings. The Morgan fingerprint density at radius 3 is 2.00 bits per heavy atom. The van der Waals surface area contributed by atoms with E-state index in [0.29, 0.717) is 0 Å². The largest absolute Gasteiger partial charge is 0.398 e. The first-order chi connectivity index (χ1) is 29.2. The monoisotopic (exact) mass is 805 g/mol. The van der Waals surface area contributed by atoms with Gasteiger partial charge in [-0.3, -0.25) is 0 Å². The molecular weight excluding hydrogens is 725 g/mol. The highest BCUT2D eigenvalue weighted by Crippen LogP contribution is 2.56. The summed E-state index contributed by atoms with van der Waals surface area (Å²) in [5, 5.41) is 3.82. The Hall–Kier alpha value is -5.34. The first-order valence-electron chi connectivity index (χ1n) is 22.8. The number of benzene rings is 3. The number of anilines is 1. The van der Waals surface area contributed by atoms with Gasteiger partial charge in [-0.25, -0.2) is 0 Å². The zero-order chi connectivity index (χ0) is 45.1. The molecular formula is C58H80N2. The molecule has 3 aliphatic rings. The van der Waals surface area contributed by atoms with Crippen molar-refractivity contribution in [2.45, 2.75) is 129 Å². The molecule has 60 heavy (non-hydrogen) atoms. The van der Waals surface area contributed by atoms with Gasteiger partial charge in [-0.2, -0.15) is 0 Å². The van der Waals surface area contributed by atoms with Crippen LogP contribution in [0.25, 0.3) is 11.3 Å². The van der Waals surface area contributed by atoms with Crippen LogP contribution in [0, 0.1) is 12.3 Å². The molecule has 322 valence electrons. The molecule has 3 N–H and O–H groups in total. The Bertz CT molecular complexity index is 2030. The van der Waals surface area contributed by atoms with Crippen LogP contribution >= 0.6 is 0 Å². The van der Waals surface area contributed by atoms with Gasteiger partial charge in [-0.1, -0.05) is 209 Å². The minimum absolute atomic E-state index is 0.00754. The molecule has 0 atom stereocenters. The van der Waals surface area contributed by atoms with E-state index in [9.17, 15) is 0 Å². The molecule has 2 nitrogen and oxygen atoms in total. The third-order valence-electron chi connectivity index (χ3n) is 10.2. The van der Waals surface area contributed by atoms with Gasteiger partial charge in [0.2, 0.25) is 0 Å². The highest BCUT2D eigenvalue weighted by Gasteiger charge is 2.43. The minimum Gasteiger partial charge on any atom is -0.398 e. The van der Waals surface area contributed by atoms with Crippen molar-refractivity contribution in [1.82, 2.24) is 0 Å². The van der Waals surface area contributed by atoms with Crippen molar-refractivity contribution >= 4 is 17.0 Å². The molecule has 0 aliphatic heterocycles. The van der Waals surface area contributed by atoms with Gasteiger partial charge < -0.3 is 11.1 Å². The van der Waals surface area contributed by atoms with Gasteiger partial charge in [0.25, 0.3) is 0 Å². The standard InChI is InChI=1S/C29H33N.C21H23N.4C2H6/c1-6-7-8-11-21(3)23-18-19-25-24-12-9-10-13-26(24)29(4,5)27(25)28(23)30-22-16-14-20(2)15-17-22;1-3-9-18(4-2)20-13-8-10-17(16-20)14-15-21(22)19-11-6-5-7-12-19;4*1-2/h6-8,10-11,13-17,30H,3,9,12,18-19H2,1-2,4-5H3;3-13,15-16H,14,22H2,1-2H3;4*1-2H3/b7-6-,11-8-;9-3-,18-4+,21-15-;;;;. The highest BCUT2D eigenvalue weighted by molar-refractivity contribution is 5.74. The number of hydrogen-bond acceptors (Lipinski definition) is 2. The van der Waals surface area contributed by atoms with E-state index in [-0.39, 0.29) is 5.41 Å². The summed E-state index contributed by atoms with van der Waals surface area (Å²) in [6.45, 7) is 33.5. The van der Waals surface area contributed by atoms with Crippen molar-refractivity contribution in [2.75, 3.05) is 5.32 Å². The van der Waals surface area contributed by atoms with E-state index in [1.807, 2.05) is 99.6 Å². The van der Waals surface area contributed by atoms with Crippen LogP contribution in [0.15, 0.2) is 185 Å². The second kappa shape index (κ2) is 29.0. The summed E-state index contributed by atoms with van der Waals surface area (Å²) < 4.78 is 0. The Kier molecular flexibility index (Phi) is 25.4. The first-order valence-corrected chi connectivity index (χ1v) is 22.8. The number of nitrogens with one attached hydrogen (secondary N) is 1. The van der Waals surface area contributed by atoms with E-state index >= 15 is 0 Å². The summed E-state index contributed by atoms with van der Waals surface area (Å²) in [5.74, 6) is 0. The quantitative estimate of drug-likeness (QED) is 0.200. The second-order valence-corrected chi connectivity index (χ2v) is 14.2. The lowest BCUT2D eigenvalue weighted by Crippen LogP contribution is -2.23. The molecule has 0 saturated heterocycles. The number of nitrogens with two attached hydrogens (primary N) is 1.